The molecule has 0 spiro atoms. The van der Waals surface area contributed by atoms with E-state index in [2.05, 4.69) is 6.58 Å². The van der Waals surface area contributed by atoms with E-state index in [0.29, 0.717) is 5.75 Å². The Kier molecular flexibility index (Phi) is 5.30. The van der Waals surface area contributed by atoms with Crippen molar-refractivity contribution >= 4 is 18.1 Å². The first-order chi connectivity index (χ1) is 10.3. The van der Waals surface area contributed by atoms with E-state index in [-0.39, 0.29) is 0 Å². The summed E-state index contributed by atoms with van der Waals surface area (Å²) in [5.74, 6) is 0.112. The van der Waals surface area contributed by atoms with Crippen LogP contribution in [0.2, 0.25) is 0 Å². The molecule has 2 nitrogen and oxygen atoms in total. The lowest BCUT2D eigenvalue weighted by Gasteiger charge is -2.00. The molecule has 2 rings (SSSR count). The van der Waals surface area contributed by atoms with E-state index in [1.165, 1.54) is 6.08 Å². The molecular weight excluding hydrogens is 260 g/mol. The van der Waals surface area contributed by atoms with E-state index in [0.717, 1.165) is 11.1 Å². The third kappa shape index (κ3) is 4.96. The molecule has 0 saturated carbocycles. The van der Waals surface area contributed by atoms with Gasteiger partial charge in [0.05, 0.1) is 0 Å². The zero-order valence-electron chi connectivity index (χ0n) is 11.6. The summed E-state index contributed by atoms with van der Waals surface area (Å²) in [6.07, 6.45) is 8.51. The van der Waals surface area contributed by atoms with Gasteiger partial charge in [-0.25, -0.2) is 4.79 Å². The number of ether oxygens (including phenoxy) is 1. The van der Waals surface area contributed by atoms with Gasteiger partial charge in [0.25, 0.3) is 0 Å². The fourth-order valence-corrected chi connectivity index (χ4v) is 1.69. The SMILES string of the molecule is C=Cc1ccc(OC(=O)C=CC=Cc2ccccc2)cc1. The lowest BCUT2D eigenvalue weighted by atomic mass is 10.2. The van der Waals surface area contributed by atoms with E-state index in [9.17, 15) is 4.79 Å². The van der Waals surface area contributed by atoms with Crippen molar-refractivity contribution in [3.63, 3.8) is 0 Å². The van der Waals surface area contributed by atoms with Crippen LogP contribution in [0, 0.1) is 0 Å². The normalized spacial score (nSPS) is 10.9. The predicted molar refractivity (Wildman–Crippen MR) is 86.8 cm³/mol. The van der Waals surface area contributed by atoms with Crippen molar-refractivity contribution in [1.29, 1.82) is 0 Å². The van der Waals surface area contributed by atoms with Gasteiger partial charge in [-0.3, -0.25) is 0 Å². The monoisotopic (exact) mass is 276 g/mol. The first-order valence-electron chi connectivity index (χ1n) is 6.62. The van der Waals surface area contributed by atoms with Crippen molar-refractivity contribution in [3.05, 3.63) is 90.5 Å². The Labute approximate surface area is 124 Å². The largest absolute Gasteiger partial charge is 0.423 e. The van der Waals surface area contributed by atoms with Crippen LogP contribution in [0.5, 0.6) is 5.75 Å². The van der Waals surface area contributed by atoms with E-state index < -0.39 is 5.97 Å². The van der Waals surface area contributed by atoms with Gasteiger partial charge in [-0.1, -0.05) is 73.3 Å². The topological polar surface area (TPSA) is 26.3 Å². The van der Waals surface area contributed by atoms with Gasteiger partial charge in [-0.15, -0.1) is 0 Å². The van der Waals surface area contributed by atoms with Crippen molar-refractivity contribution in [3.8, 4) is 5.75 Å². The van der Waals surface area contributed by atoms with Crippen LogP contribution in [-0.2, 0) is 4.79 Å². The van der Waals surface area contributed by atoms with E-state index >= 15 is 0 Å². The summed E-state index contributed by atoms with van der Waals surface area (Å²) in [4.78, 5) is 11.6. The van der Waals surface area contributed by atoms with Gasteiger partial charge < -0.3 is 4.74 Å². The number of carbonyl (C=O) groups excluding carboxylic acids is 1. The summed E-state index contributed by atoms with van der Waals surface area (Å²) in [6.45, 7) is 3.67. The highest BCUT2D eigenvalue weighted by Crippen LogP contribution is 2.13. The Hall–Kier alpha value is -2.87. The van der Waals surface area contributed by atoms with Crippen molar-refractivity contribution in [2.24, 2.45) is 0 Å². The molecule has 2 heteroatoms. The molecule has 0 heterocycles. The van der Waals surface area contributed by atoms with Crippen LogP contribution in [0.25, 0.3) is 12.2 Å². The second-order valence-electron chi connectivity index (χ2n) is 4.32. The molecule has 0 atom stereocenters. The number of carbonyl (C=O) groups is 1. The first-order valence-corrected chi connectivity index (χ1v) is 6.62. The summed E-state index contributed by atoms with van der Waals surface area (Å²) < 4.78 is 5.17. The molecule has 0 aromatic heterocycles. The third-order valence-corrected chi connectivity index (χ3v) is 2.77. The highest BCUT2D eigenvalue weighted by atomic mass is 16.5. The zero-order chi connectivity index (χ0) is 14.9. The molecular formula is C19H16O2. The van der Waals surface area contributed by atoms with Crippen LogP contribution in [0.15, 0.2) is 79.4 Å². The van der Waals surface area contributed by atoms with Crippen molar-refractivity contribution in [2.75, 3.05) is 0 Å². The first kappa shape index (κ1) is 14.5. The van der Waals surface area contributed by atoms with E-state index in [1.54, 1.807) is 30.4 Å². The summed E-state index contributed by atoms with van der Waals surface area (Å²) in [5.41, 5.74) is 2.06. The van der Waals surface area contributed by atoms with Crippen LogP contribution in [0.4, 0.5) is 0 Å². The Morgan fingerprint density at radius 3 is 2.29 bits per heavy atom. The predicted octanol–water partition coefficient (Wildman–Crippen LogP) is 4.50. The minimum atomic E-state index is -0.404. The van der Waals surface area contributed by atoms with E-state index in [1.807, 2.05) is 48.5 Å². The Morgan fingerprint density at radius 2 is 1.62 bits per heavy atom. The van der Waals surface area contributed by atoms with Crippen LogP contribution in [0.1, 0.15) is 11.1 Å². The lowest BCUT2D eigenvalue weighted by molar-refractivity contribution is -0.128. The molecule has 0 radical (unpaired) electrons. The van der Waals surface area contributed by atoms with Crippen LogP contribution in [0.3, 0.4) is 0 Å². The van der Waals surface area contributed by atoms with Gasteiger partial charge in [0, 0.05) is 6.08 Å². The minimum absolute atomic E-state index is 0.404. The zero-order valence-corrected chi connectivity index (χ0v) is 11.6. The second-order valence-corrected chi connectivity index (χ2v) is 4.32. The quantitative estimate of drug-likeness (QED) is 0.348. The molecule has 0 aliphatic heterocycles. The van der Waals surface area contributed by atoms with Crippen LogP contribution >= 0.6 is 0 Å². The van der Waals surface area contributed by atoms with Gasteiger partial charge in [0.15, 0.2) is 0 Å². The molecule has 2 aromatic rings. The summed E-state index contributed by atoms with van der Waals surface area (Å²) in [5, 5.41) is 0. The maximum atomic E-state index is 11.6. The molecule has 0 fully saturated rings. The second kappa shape index (κ2) is 7.65. The summed E-state index contributed by atoms with van der Waals surface area (Å²) in [6, 6.07) is 17.0. The molecule has 0 unspecified atom stereocenters. The molecule has 0 amide bonds. The Morgan fingerprint density at radius 1 is 0.905 bits per heavy atom. The maximum absolute atomic E-state index is 11.6. The smallest absolute Gasteiger partial charge is 0.336 e. The number of hydrogen-bond donors (Lipinski definition) is 0. The molecule has 104 valence electrons. The van der Waals surface area contributed by atoms with Gasteiger partial charge >= 0.3 is 5.97 Å². The number of hydrogen-bond acceptors (Lipinski definition) is 2. The molecule has 0 N–H and O–H groups in total. The average Bonchev–Trinajstić information content (AvgIpc) is 2.53. The Balaban J connectivity index is 1.87. The average molecular weight is 276 g/mol. The van der Waals surface area contributed by atoms with Crippen molar-refractivity contribution in [1.82, 2.24) is 0 Å². The maximum Gasteiger partial charge on any atom is 0.336 e. The van der Waals surface area contributed by atoms with Crippen molar-refractivity contribution in [2.45, 2.75) is 0 Å². The minimum Gasteiger partial charge on any atom is -0.423 e. The van der Waals surface area contributed by atoms with Crippen LogP contribution < -0.4 is 4.74 Å². The fourth-order valence-electron chi connectivity index (χ4n) is 1.69. The number of allylic oxidation sites excluding steroid dienone is 2. The van der Waals surface area contributed by atoms with Gasteiger partial charge in [0.2, 0.25) is 0 Å². The van der Waals surface area contributed by atoms with E-state index in [4.69, 9.17) is 4.74 Å². The molecule has 0 bridgehead atoms. The van der Waals surface area contributed by atoms with Gasteiger partial charge in [-0.2, -0.15) is 0 Å². The number of rotatable bonds is 5. The molecule has 0 saturated heterocycles. The number of benzene rings is 2. The lowest BCUT2D eigenvalue weighted by Crippen LogP contribution is -2.03. The van der Waals surface area contributed by atoms with Gasteiger partial charge in [0.1, 0.15) is 5.75 Å². The molecule has 0 aliphatic rings. The standard InChI is InChI=1S/C19H16O2/c1-2-16-12-14-18(15-13-16)21-19(20)11-7-6-10-17-8-4-3-5-9-17/h2-15H,1H2. The highest BCUT2D eigenvalue weighted by Gasteiger charge is 1.98. The third-order valence-electron chi connectivity index (χ3n) is 2.77. The Bertz CT molecular complexity index is 650. The molecule has 21 heavy (non-hydrogen) atoms. The summed E-state index contributed by atoms with van der Waals surface area (Å²) in [7, 11) is 0. The number of esters is 1. The fraction of sp³-hybridized carbons (Fsp3) is 0. The highest BCUT2D eigenvalue weighted by molar-refractivity contribution is 5.84. The molecule has 2 aromatic carbocycles. The van der Waals surface area contributed by atoms with Crippen molar-refractivity contribution < 1.29 is 9.53 Å². The van der Waals surface area contributed by atoms with Gasteiger partial charge in [-0.05, 0) is 23.3 Å². The molecule has 0 aliphatic carbocycles. The summed E-state index contributed by atoms with van der Waals surface area (Å²) >= 11 is 0. The van der Waals surface area contributed by atoms with Crippen LogP contribution in [-0.4, -0.2) is 5.97 Å².